The van der Waals surface area contributed by atoms with Gasteiger partial charge in [0.25, 0.3) is 0 Å². The molecule has 2 atom stereocenters. The van der Waals surface area contributed by atoms with Gasteiger partial charge in [0.1, 0.15) is 23.4 Å². The minimum absolute atomic E-state index is 0.00907. The molecule has 3 amide bonds. The second kappa shape index (κ2) is 8.24. The van der Waals surface area contributed by atoms with Gasteiger partial charge in [-0.15, -0.1) is 0 Å². The molecular weight excluding hydrogens is 368 g/mol. The number of urea groups is 1. The number of benzene rings is 2. The van der Waals surface area contributed by atoms with Crippen molar-refractivity contribution in [3.8, 4) is 5.75 Å². The molecule has 148 valence electrons. The third-order valence-corrected chi connectivity index (χ3v) is 4.75. The molecule has 0 aromatic heterocycles. The summed E-state index contributed by atoms with van der Waals surface area (Å²) in [5, 5.41) is 7.67. The van der Waals surface area contributed by atoms with E-state index in [0.29, 0.717) is 5.69 Å². The van der Waals surface area contributed by atoms with E-state index in [1.165, 1.54) is 7.11 Å². The molecule has 1 unspecified atom stereocenters. The molecule has 1 saturated heterocycles. The molecule has 0 bridgehead atoms. The quantitative estimate of drug-likeness (QED) is 0.736. The maximum Gasteiger partial charge on any atom is 0.319 e. The molecule has 3 N–H and O–H groups in total. The van der Waals surface area contributed by atoms with Crippen LogP contribution in [0.1, 0.15) is 24.0 Å². The smallest absolute Gasteiger partial charge is 0.319 e. The van der Waals surface area contributed by atoms with Gasteiger partial charge >= 0.3 is 6.03 Å². The first-order valence-corrected chi connectivity index (χ1v) is 8.90. The third-order valence-electron chi connectivity index (χ3n) is 4.75. The normalized spacial score (nSPS) is 18.5. The van der Waals surface area contributed by atoms with E-state index in [0.717, 1.165) is 24.1 Å². The van der Waals surface area contributed by atoms with Crippen molar-refractivity contribution < 1.29 is 23.1 Å². The first kappa shape index (κ1) is 19.6. The average Bonchev–Trinajstić information content (AvgIpc) is 3.02. The molecule has 1 heterocycles. The number of aryl methyl sites for hydroxylation is 1. The van der Waals surface area contributed by atoms with Crippen molar-refractivity contribution in [3.63, 3.8) is 0 Å². The molecule has 8 heteroatoms. The van der Waals surface area contributed by atoms with E-state index in [-0.39, 0.29) is 17.9 Å². The van der Waals surface area contributed by atoms with E-state index in [1.54, 1.807) is 12.1 Å². The van der Waals surface area contributed by atoms with Gasteiger partial charge in [0.05, 0.1) is 7.11 Å². The number of nitrogens with one attached hydrogen (secondary N) is 3. The SMILES string of the molecule is CCc1ccc(NC(=O)NC2C(=O)NC[C@H]2c2c(F)cc(OC)cc2F)cc1. The Kier molecular flexibility index (Phi) is 5.77. The summed E-state index contributed by atoms with van der Waals surface area (Å²) in [6.07, 6.45) is 0.870. The Balaban J connectivity index is 1.76. The molecule has 6 nitrogen and oxygen atoms in total. The van der Waals surface area contributed by atoms with Crippen molar-refractivity contribution in [1.29, 1.82) is 0 Å². The number of methoxy groups -OCH3 is 1. The fourth-order valence-corrected chi connectivity index (χ4v) is 3.22. The predicted octanol–water partition coefficient (Wildman–Crippen LogP) is 2.94. The van der Waals surface area contributed by atoms with Crippen LogP contribution in [0.4, 0.5) is 19.3 Å². The lowest BCUT2D eigenvalue weighted by Crippen LogP contribution is -2.45. The number of carbonyl (C=O) groups is 2. The molecular formula is C20H21F2N3O3. The zero-order valence-electron chi connectivity index (χ0n) is 15.5. The van der Waals surface area contributed by atoms with Crippen LogP contribution in [-0.2, 0) is 11.2 Å². The summed E-state index contributed by atoms with van der Waals surface area (Å²) in [6, 6.07) is 7.60. The molecule has 1 aliphatic heterocycles. The van der Waals surface area contributed by atoms with Crippen molar-refractivity contribution in [3.05, 3.63) is 59.2 Å². The lowest BCUT2D eigenvalue weighted by Gasteiger charge is -2.20. The standard InChI is InChI=1S/C20H21F2N3O3/c1-3-11-4-6-12(7-5-11)24-20(27)25-18-14(10-23-19(18)26)17-15(21)8-13(28-2)9-16(17)22/h4-9,14,18H,3,10H2,1-2H3,(H,23,26)(H2,24,25,27)/t14-,18?/m0/s1. The van der Waals surface area contributed by atoms with E-state index in [2.05, 4.69) is 16.0 Å². The average molecular weight is 389 g/mol. The van der Waals surface area contributed by atoms with Gasteiger partial charge < -0.3 is 20.7 Å². The van der Waals surface area contributed by atoms with Crippen LogP contribution in [0.2, 0.25) is 0 Å². The number of carbonyl (C=O) groups excluding carboxylic acids is 2. The Morgan fingerprint density at radius 2 is 1.86 bits per heavy atom. The topological polar surface area (TPSA) is 79.5 Å². The summed E-state index contributed by atoms with van der Waals surface area (Å²) < 4.78 is 33.7. The molecule has 0 saturated carbocycles. The fraction of sp³-hybridized carbons (Fsp3) is 0.300. The summed E-state index contributed by atoms with van der Waals surface area (Å²) in [4.78, 5) is 24.5. The Bertz CT molecular complexity index is 864. The molecule has 0 radical (unpaired) electrons. The van der Waals surface area contributed by atoms with Gasteiger partial charge in [0.15, 0.2) is 0 Å². The first-order chi connectivity index (χ1) is 13.4. The summed E-state index contributed by atoms with van der Waals surface area (Å²) in [5.74, 6) is -3.02. The highest BCUT2D eigenvalue weighted by Crippen LogP contribution is 2.31. The predicted molar refractivity (Wildman–Crippen MR) is 100 cm³/mol. The molecule has 0 aliphatic carbocycles. The molecule has 3 rings (SSSR count). The summed E-state index contributed by atoms with van der Waals surface area (Å²) in [7, 11) is 1.30. The van der Waals surface area contributed by atoms with Gasteiger partial charge in [-0.25, -0.2) is 13.6 Å². The Hall–Kier alpha value is -3.16. The van der Waals surface area contributed by atoms with Gasteiger partial charge in [-0.05, 0) is 24.1 Å². The van der Waals surface area contributed by atoms with E-state index in [1.807, 2.05) is 19.1 Å². The minimum atomic E-state index is -1.10. The lowest BCUT2D eigenvalue weighted by atomic mass is 9.93. The maximum absolute atomic E-state index is 14.4. The highest BCUT2D eigenvalue weighted by Gasteiger charge is 2.40. The third kappa shape index (κ3) is 4.05. The highest BCUT2D eigenvalue weighted by molar-refractivity contribution is 5.95. The molecule has 1 fully saturated rings. The number of hydrogen-bond donors (Lipinski definition) is 3. The van der Waals surface area contributed by atoms with Crippen LogP contribution >= 0.6 is 0 Å². The van der Waals surface area contributed by atoms with Crippen LogP contribution < -0.4 is 20.7 Å². The number of amides is 3. The monoisotopic (exact) mass is 389 g/mol. The summed E-state index contributed by atoms with van der Waals surface area (Å²) in [5.41, 5.74) is 1.40. The van der Waals surface area contributed by atoms with E-state index in [4.69, 9.17) is 4.74 Å². The number of anilines is 1. The van der Waals surface area contributed by atoms with Gasteiger partial charge in [-0.3, -0.25) is 4.79 Å². The number of rotatable bonds is 5. The largest absolute Gasteiger partial charge is 0.497 e. The number of hydrogen-bond acceptors (Lipinski definition) is 3. The van der Waals surface area contributed by atoms with Gasteiger partial charge in [0, 0.05) is 35.8 Å². The number of ether oxygens (including phenoxy) is 1. The Morgan fingerprint density at radius 1 is 1.21 bits per heavy atom. The highest BCUT2D eigenvalue weighted by atomic mass is 19.1. The van der Waals surface area contributed by atoms with E-state index < -0.39 is 35.5 Å². The van der Waals surface area contributed by atoms with Gasteiger partial charge in [-0.1, -0.05) is 19.1 Å². The van der Waals surface area contributed by atoms with Gasteiger partial charge in [-0.2, -0.15) is 0 Å². The van der Waals surface area contributed by atoms with Crippen LogP contribution in [0.25, 0.3) is 0 Å². The van der Waals surface area contributed by atoms with Crippen molar-refractivity contribution in [2.24, 2.45) is 0 Å². The second-order valence-electron chi connectivity index (χ2n) is 6.48. The molecule has 1 aliphatic rings. The zero-order chi connectivity index (χ0) is 20.3. The van der Waals surface area contributed by atoms with Crippen molar-refractivity contribution in [2.45, 2.75) is 25.3 Å². The van der Waals surface area contributed by atoms with Crippen LogP contribution in [0.5, 0.6) is 5.75 Å². The summed E-state index contributed by atoms with van der Waals surface area (Å²) >= 11 is 0. The molecule has 0 spiro atoms. The molecule has 2 aromatic carbocycles. The van der Waals surface area contributed by atoms with Crippen LogP contribution in [-0.4, -0.2) is 31.6 Å². The first-order valence-electron chi connectivity index (χ1n) is 8.90. The van der Waals surface area contributed by atoms with Crippen LogP contribution in [0.15, 0.2) is 36.4 Å². The summed E-state index contributed by atoms with van der Waals surface area (Å²) in [6.45, 7) is 2.03. The number of halogens is 2. The van der Waals surface area contributed by atoms with Crippen molar-refractivity contribution in [2.75, 3.05) is 19.0 Å². The molecule has 2 aromatic rings. The van der Waals surface area contributed by atoms with Crippen molar-refractivity contribution in [1.82, 2.24) is 10.6 Å². The Labute approximate surface area is 161 Å². The second-order valence-corrected chi connectivity index (χ2v) is 6.48. The van der Waals surface area contributed by atoms with Gasteiger partial charge in [0.2, 0.25) is 5.91 Å². The fourth-order valence-electron chi connectivity index (χ4n) is 3.22. The van der Waals surface area contributed by atoms with Crippen LogP contribution in [0, 0.1) is 11.6 Å². The van der Waals surface area contributed by atoms with E-state index in [9.17, 15) is 18.4 Å². The lowest BCUT2D eigenvalue weighted by molar-refractivity contribution is -0.120. The van der Waals surface area contributed by atoms with Crippen molar-refractivity contribution >= 4 is 17.6 Å². The maximum atomic E-state index is 14.4. The van der Waals surface area contributed by atoms with E-state index >= 15 is 0 Å². The Morgan fingerprint density at radius 3 is 2.43 bits per heavy atom. The zero-order valence-corrected chi connectivity index (χ0v) is 15.5. The minimum Gasteiger partial charge on any atom is -0.497 e. The molecule has 28 heavy (non-hydrogen) atoms. The van der Waals surface area contributed by atoms with Crippen LogP contribution in [0.3, 0.4) is 0 Å².